The number of aromatic nitrogens is 1. The van der Waals surface area contributed by atoms with Crippen LogP contribution in [0.25, 0.3) is 0 Å². The number of hydrogen-bond donors (Lipinski definition) is 1. The van der Waals surface area contributed by atoms with Crippen LogP contribution in [0.1, 0.15) is 51.4 Å². The SMILES string of the molecule is CC(C)[C@H]1CC[C@@H](C)C[C@H]1O[P@@](=O)(c1ccc(N(C)C)cc1)[C@H](O)c1cccnc1. The van der Waals surface area contributed by atoms with Crippen LogP contribution in [0.2, 0.25) is 0 Å². The molecule has 0 aliphatic heterocycles. The molecule has 6 heteroatoms. The molecule has 5 atom stereocenters. The lowest BCUT2D eigenvalue weighted by Gasteiger charge is -2.39. The molecule has 1 aromatic heterocycles. The Morgan fingerprint density at radius 1 is 1.17 bits per heavy atom. The molecule has 1 N–H and O–H groups in total. The van der Waals surface area contributed by atoms with Gasteiger partial charge in [-0.15, -0.1) is 0 Å². The standard InChI is InChI=1S/C24H35N2O3P/c1-17(2)22-13-8-18(3)15-23(22)29-30(28,24(27)19-7-6-14-25-16-19)21-11-9-20(10-12-21)26(4)5/h6-7,9-12,14,16-18,22-24,27H,8,13,15H2,1-5H3/t18-,22-,23-,24+,30+/m1/s1. The van der Waals surface area contributed by atoms with Crippen LogP contribution in [-0.2, 0) is 9.09 Å². The van der Waals surface area contributed by atoms with Crippen LogP contribution in [-0.4, -0.2) is 30.3 Å². The Morgan fingerprint density at radius 2 is 1.87 bits per heavy atom. The van der Waals surface area contributed by atoms with Crippen LogP contribution < -0.4 is 10.2 Å². The highest BCUT2D eigenvalue weighted by Crippen LogP contribution is 2.60. The molecule has 1 fully saturated rings. The van der Waals surface area contributed by atoms with Gasteiger partial charge in [0, 0.05) is 43.0 Å². The van der Waals surface area contributed by atoms with E-state index in [1.807, 2.05) is 43.3 Å². The highest BCUT2D eigenvalue weighted by molar-refractivity contribution is 7.67. The molecule has 2 aromatic rings. The van der Waals surface area contributed by atoms with Crippen molar-refractivity contribution in [2.45, 2.75) is 52.0 Å². The van der Waals surface area contributed by atoms with Crippen LogP contribution in [0, 0.1) is 17.8 Å². The van der Waals surface area contributed by atoms with Crippen molar-refractivity contribution >= 4 is 18.4 Å². The van der Waals surface area contributed by atoms with Gasteiger partial charge in [-0.1, -0.05) is 33.3 Å². The van der Waals surface area contributed by atoms with Crippen molar-refractivity contribution in [1.82, 2.24) is 4.98 Å². The number of aliphatic hydroxyl groups excluding tert-OH is 1. The number of aliphatic hydroxyl groups is 1. The number of nitrogens with zero attached hydrogens (tertiary/aromatic N) is 2. The molecule has 1 heterocycles. The van der Waals surface area contributed by atoms with Crippen LogP contribution in [0.15, 0.2) is 48.8 Å². The van der Waals surface area contributed by atoms with E-state index in [0.29, 0.717) is 28.6 Å². The quantitative estimate of drug-likeness (QED) is 0.610. The fourth-order valence-corrected chi connectivity index (χ4v) is 6.65. The van der Waals surface area contributed by atoms with Crippen molar-refractivity contribution in [2.24, 2.45) is 17.8 Å². The van der Waals surface area contributed by atoms with E-state index >= 15 is 0 Å². The molecule has 30 heavy (non-hydrogen) atoms. The Balaban J connectivity index is 2.01. The average molecular weight is 431 g/mol. The first kappa shape index (κ1) is 23.0. The summed E-state index contributed by atoms with van der Waals surface area (Å²) >= 11 is 0. The van der Waals surface area contributed by atoms with Gasteiger partial charge in [0.2, 0.25) is 0 Å². The maximum Gasteiger partial charge on any atom is 0.264 e. The summed E-state index contributed by atoms with van der Waals surface area (Å²) < 4.78 is 20.9. The average Bonchev–Trinajstić information content (AvgIpc) is 2.73. The summed E-state index contributed by atoms with van der Waals surface area (Å²) in [4.78, 5) is 6.10. The second kappa shape index (κ2) is 9.64. The third-order valence-corrected chi connectivity index (χ3v) is 8.83. The van der Waals surface area contributed by atoms with Crippen LogP contribution in [0.3, 0.4) is 0 Å². The summed E-state index contributed by atoms with van der Waals surface area (Å²) in [5.41, 5.74) is 1.52. The van der Waals surface area contributed by atoms with E-state index in [1.165, 1.54) is 0 Å². The molecule has 5 nitrogen and oxygen atoms in total. The van der Waals surface area contributed by atoms with Gasteiger partial charge in [0.25, 0.3) is 7.37 Å². The van der Waals surface area contributed by atoms with Crippen molar-refractivity contribution in [3.8, 4) is 0 Å². The molecular weight excluding hydrogens is 395 g/mol. The van der Waals surface area contributed by atoms with E-state index < -0.39 is 13.2 Å². The molecular formula is C24H35N2O3P. The molecule has 1 aliphatic rings. The van der Waals surface area contributed by atoms with Gasteiger partial charge in [-0.2, -0.15) is 0 Å². The zero-order valence-corrected chi connectivity index (χ0v) is 19.6. The third kappa shape index (κ3) is 4.96. The van der Waals surface area contributed by atoms with Gasteiger partial charge in [-0.3, -0.25) is 9.55 Å². The predicted molar refractivity (Wildman–Crippen MR) is 123 cm³/mol. The fraction of sp³-hybridized carbons (Fsp3) is 0.542. The summed E-state index contributed by atoms with van der Waals surface area (Å²) in [5, 5.41) is 11.8. The molecule has 0 saturated heterocycles. The maximum atomic E-state index is 14.4. The van der Waals surface area contributed by atoms with Crippen molar-refractivity contribution < 1.29 is 14.2 Å². The van der Waals surface area contributed by atoms with Crippen LogP contribution in [0.4, 0.5) is 5.69 Å². The molecule has 0 spiro atoms. The molecule has 0 radical (unpaired) electrons. The van der Waals surface area contributed by atoms with Gasteiger partial charge < -0.3 is 14.5 Å². The first-order chi connectivity index (χ1) is 14.2. The first-order valence-electron chi connectivity index (χ1n) is 10.9. The molecule has 0 bridgehead atoms. The highest BCUT2D eigenvalue weighted by atomic mass is 31.2. The second-order valence-electron chi connectivity index (χ2n) is 9.14. The highest BCUT2D eigenvalue weighted by Gasteiger charge is 2.42. The van der Waals surface area contributed by atoms with Gasteiger partial charge in [0.05, 0.1) is 6.10 Å². The molecule has 164 valence electrons. The summed E-state index contributed by atoms with van der Waals surface area (Å²) in [6.07, 6.45) is 6.16. The number of rotatable bonds is 7. The minimum absolute atomic E-state index is 0.139. The van der Waals surface area contributed by atoms with E-state index in [0.717, 1.165) is 24.9 Å². The van der Waals surface area contributed by atoms with Gasteiger partial charge in [0.15, 0.2) is 5.85 Å². The van der Waals surface area contributed by atoms with Crippen molar-refractivity contribution in [1.29, 1.82) is 0 Å². The third-order valence-electron chi connectivity index (χ3n) is 6.28. The zero-order valence-electron chi connectivity index (χ0n) is 18.7. The Bertz CT molecular complexity index is 855. The van der Waals surface area contributed by atoms with E-state index in [9.17, 15) is 9.67 Å². The number of anilines is 1. The number of hydrogen-bond acceptors (Lipinski definition) is 5. The van der Waals surface area contributed by atoms with E-state index in [2.05, 4.69) is 25.8 Å². The smallest absolute Gasteiger partial charge is 0.264 e. The Labute approximate surface area is 180 Å². The summed E-state index contributed by atoms with van der Waals surface area (Å²) in [5.74, 6) is 0.0332. The number of benzene rings is 1. The zero-order chi connectivity index (χ0) is 21.9. The topological polar surface area (TPSA) is 62.7 Å². The predicted octanol–water partition coefficient (Wildman–Crippen LogP) is 5.22. The Hall–Kier alpha value is -1.68. The number of pyridine rings is 1. The fourth-order valence-electron chi connectivity index (χ4n) is 4.38. The molecule has 1 aliphatic carbocycles. The van der Waals surface area contributed by atoms with Gasteiger partial charge in [-0.25, -0.2) is 0 Å². The molecule has 1 saturated carbocycles. The van der Waals surface area contributed by atoms with E-state index in [4.69, 9.17) is 4.52 Å². The molecule has 0 amide bonds. The van der Waals surface area contributed by atoms with E-state index in [-0.39, 0.29) is 6.10 Å². The molecule has 1 aromatic carbocycles. The summed E-state index contributed by atoms with van der Waals surface area (Å²) in [6.45, 7) is 6.62. The lowest BCUT2D eigenvalue weighted by atomic mass is 9.75. The summed E-state index contributed by atoms with van der Waals surface area (Å²) in [6, 6.07) is 11.0. The van der Waals surface area contributed by atoms with Gasteiger partial charge >= 0.3 is 0 Å². The Kier molecular flexibility index (Phi) is 7.38. The lowest BCUT2D eigenvalue weighted by Crippen LogP contribution is -2.35. The van der Waals surface area contributed by atoms with Gasteiger partial charge in [0.1, 0.15) is 0 Å². The lowest BCUT2D eigenvalue weighted by molar-refractivity contribution is 0.0427. The van der Waals surface area contributed by atoms with E-state index in [1.54, 1.807) is 24.5 Å². The minimum atomic E-state index is -3.61. The van der Waals surface area contributed by atoms with Crippen molar-refractivity contribution in [3.63, 3.8) is 0 Å². The monoisotopic (exact) mass is 430 g/mol. The minimum Gasteiger partial charge on any atom is -0.378 e. The van der Waals surface area contributed by atoms with Crippen molar-refractivity contribution in [2.75, 3.05) is 19.0 Å². The maximum absolute atomic E-state index is 14.4. The van der Waals surface area contributed by atoms with Crippen LogP contribution in [0.5, 0.6) is 0 Å². The normalized spacial score (nSPS) is 25.0. The summed E-state index contributed by atoms with van der Waals surface area (Å²) in [7, 11) is 0.319. The molecule has 0 unspecified atom stereocenters. The Morgan fingerprint density at radius 3 is 2.43 bits per heavy atom. The first-order valence-corrected chi connectivity index (χ1v) is 12.6. The van der Waals surface area contributed by atoms with Crippen molar-refractivity contribution in [3.05, 3.63) is 54.4 Å². The largest absolute Gasteiger partial charge is 0.378 e. The second-order valence-corrected chi connectivity index (χ2v) is 11.5. The molecule has 3 rings (SSSR count). The van der Waals surface area contributed by atoms with Gasteiger partial charge in [-0.05, 0) is 60.9 Å². The van der Waals surface area contributed by atoms with Crippen LogP contribution >= 0.6 is 7.37 Å².